The van der Waals surface area contributed by atoms with Crippen LogP contribution in [0, 0.1) is 0 Å². The minimum Gasteiger partial charge on any atom is -0.383 e. The summed E-state index contributed by atoms with van der Waals surface area (Å²) in [7, 11) is 0. The number of benzene rings is 2. The van der Waals surface area contributed by atoms with Crippen molar-refractivity contribution in [2.75, 3.05) is 5.73 Å². The summed E-state index contributed by atoms with van der Waals surface area (Å²) in [6, 6.07) is 20.3. The minimum absolute atomic E-state index is 0.738. The molecule has 0 radical (unpaired) electrons. The molecule has 0 aliphatic rings. The van der Waals surface area contributed by atoms with E-state index in [0.717, 1.165) is 41.4 Å². The maximum absolute atomic E-state index is 6.36. The summed E-state index contributed by atoms with van der Waals surface area (Å²) in [5.41, 5.74) is 9.38. The van der Waals surface area contributed by atoms with Gasteiger partial charge in [0, 0.05) is 17.7 Å². The summed E-state index contributed by atoms with van der Waals surface area (Å²) in [4.78, 5) is 4.81. The van der Waals surface area contributed by atoms with Crippen molar-refractivity contribution in [1.29, 1.82) is 0 Å². The van der Waals surface area contributed by atoms with Gasteiger partial charge in [-0.05, 0) is 6.42 Å². The van der Waals surface area contributed by atoms with E-state index in [0.29, 0.717) is 0 Å². The number of anilines is 1. The SMILES string of the molecule is CCCn1c(-c2ccccc2)nc(-c2ccccc2)c1N. The van der Waals surface area contributed by atoms with Gasteiger partial charge < -0.3 is 10.3 Å². The molecule has 3 heteroatoms. The van der Waals surface area contributed by atoms with E-state index in [1.54, 1.807) is 0 Å². The monoisotopic (exact) mass is 277 g/mol. The Labute approximate surface area is 125 Å². The van der Waals surface area contributed by atoms with Gasteiger partial charge in [0.2, 0.25) is 0 Å². The van der Waals surface area contributed by atoms with Crippen LogP contribution in [0.2, 0.25) is 0 Å². The molecule has 0 spiro atoms. The lowest BCUT2D eigenvalue weighted by Gasteiger charge is -2.08. The Morgan fingerprint density at radius 3 is 2.05 bits per heavy atom. The van der Waals surface area contributed by atoms with Crippen molar-refractivity contribution < 1.29 is 0 Å². The van der Waals surface area contributed by atoms with Crippen molar-refractivity contribution in [2.24, 2.45) is 0 Å². The van der Waals surface area contributed by atoms with Gasteiger partial charge in [0.1, 0.15) is 17.3 Å². The molecule has 0 saturated heterocycles. The van der Waals surface area contributed by atoms with Gasteiger partial charge in [0.25, 0.3) is 0 Å². The van der Waals surface area contributed by atoms with Gasteiger partial charge in [-0.1, -0.05) is 67.6 Å². The van der Waals surface area contributed by atoms with Crippen LogP contribution in [0.5, 0.6) is 0 Å². The zero-order chi connectivity index (χ0) is 14.7. The highest BCUT2D eigenvalue weighted by atomic mass is 15.1. The number of hydrogen-bond acceptors (Lipinski definition) is 2. The predicted octanol–water partition coefficient (Wildman–Crippen LogP) is 4.21. The molecule has 0 saturated carbocycles. The van der Waals surface area contributed by atoms with Gasteiger partial charge in [-0.3, -0.25) is 0 Å². The molecule has 0 fully saturated rings. The predicted molar refractivity (Wildman–Crippen MR) is 87.8 cm³/mol. The van der Waals surface area contributed by atoms with Crippen molar-refractivity contribution in [2.45, 2.75) is 19.9 Å². The molecule has 21 heavy (non-hydrogen) atoms. The lowest BCUT2D eigenvalue weighted by atomic mass is 10.1. The second kappa shape index (κ2) is 5.83. The molecule has 0 atom stereocenters. The van der Waals surface area contributed by atoms with Gasteiger partial charge in [-0.2, -0.15) is 0 Å². The molecule has 3 rings (SSSR count). The average Bonchev–Trinajstić information content (AvgIpc) is 2.87. The number of hydrogen-bond donors (Lipinski definition) is 1. The van der Waals surface area contributed by atoms with E-state index in [1.165, 1.54) is 0 Å². The lowest BCUT2D eigenvalue weighted by molar-refractivity contribution is 0.693. The molecule has 0 aliphatic heterocycles. The zero-order valence-electron chi connectivity index (χ0n) is 12.2. The molecule has 1 heterocycles. The number of aromatic nitrogens is 2. The van der Waals surface area contributed by atoms with Gasteiger partial charge in [0.15, 0.2) is 0 Å². The fraction of sp³-hybridized carbons (Fsp3) is 0.167. The van der Waals surface area contributed by atoms with Crippen molar-refractivity contribution >= 4 is 5.82 Å². The Morgan fingerprint density at radius 2 is 1.48 bits per heavy atom. The van der Waals surface area contributed by atoms with Crippen LogP contribution in [-0.2, 0) is 6.54 Å². The minimum atomic E-state index is 0.738. The van der Waals surface area contributed by atoms with Crippen LogP contribution in [0.3, 0.4) is 0 Å². The van der Waals surface area contributed by atoms with Crippen LogP contribution >= 0.6 is 0 Å². The largest absolute Gasteiger partial charge is 0.383 e. The second-order valence-corrected chi connectivity index (χ2v) is 5.05. The molecule has 0 unspecified atom stereocenters. The fourth-order valence-corrected chi connectivity index (χ4v) is 2.53. The highest BCUT2D eigenvalue weighted by Gasteiger charge is 2.16. The highest BCUT2D eigenvalue weighted by molar-refractivity contribution is 5.75. The molecule has 1 aromatic heterocycles. The molecule has 106 valence electrons. The first kappa shape index (κ1) is 13.4. The Morgan fingerprint density at radius 1 is 0.905 bits per heavy atom. The van der Waals surface area contributed by atoms with Crippen molar-refractivity contribution in [3.63, 3.8) is 0 Å². The first-order chi connectivity index (χ1) is 10.3. The first-order valence-corrected chi connectivity index (χ1v) is 7.28. The highest BCUT2D eigenvalue weighted by Crippen LogP contribution is 2.31. The number of nitrogen functional groups attached to an aromatic ring is 1. The fourth-order valence-electron chi connectivity index (χ4n) is 2.53. The average molecular weight is 277 g/mol. The molecular formula is C18H19N3. The Balaban J connectivity index is 2.16. The summed E-state index contributed by atoms with van der Waals surface area (Å²) in [5, 5.41) is 0. The summed E-state index contributed by atoms with van der Waals surface area (Å²) < 4.78 is 2.11. The van der Waals surface area contributed by atoms with E-state index < -0.39 is 0 Å². The van der Waals surface area contributed by atoms with Gasteiger partial charge in [-0.25, -0.2) is 4.98 Å². The third-order valence-corrected chi connectivity index (χ3v) is 3.53. The summed E-state index contributed by atoms with van der Waals surface area (Å²) in [5.74, 6) is 1.68. The topological polar surface area (TPSA) is 43.8 Å². The smallest absolute Gasteiger partial charge is 0.142 e. The van der Waals surface area contributed by atoms with Gasteiger partial charge in [0.05, 0.1) is 0 Å². The molecule has 3 aromatic rings. The summed E-state index contributed by atoms with van der Waals surface area (Å²) in [6.45, 7) is 3.02. The van der Waals surface area contributed by atoms with E-state index in [1.807, 2.05) is 48.5 Å². The molecule has 0 amide bonds. The quantitative estimate of drug-likeness (QED) is 0.776. The Hall–Kier alpha value is -2.55. The summed E-state index contributed by atoms with van der Waals surface area (Å²) >= 11 is 0. The van der Waals surface area contributed by atoms with Crippen LogP contribution < -0.4 is 5.73 Å². The van der Waals surface area contributed by atoms with Crippen molar-refractivity contribution in [3.05, 3.63) is 60.7 Å². The zero-order valence-corrected chi connectivity index (χ0v) is 12.2. The number of rotatable bonds is 4. The molecule has 0 bridgehead atoms. The third kappa shape index (κ3) is 2.55. The maximum Gasteiger partial charge on any atom is 0.142 e. The van der Waals surface area contributed by atoms with Crippen LogP contribution in [0.15, 0.2) is 60.7 Å². The van der Waals surface area contributed by atoms with Gasteiger partial charge >= 0.3 is 0 Å². The number of nitrogens with zero attached hydrogens (tertiary/aromatic N) is 2. The lowest BCUT2D eigenvalue weighted by Crippen LogP contribution is -2.04. The van der Waals surface area contributed by atoms with E-state index in [4.69, 9.17) is 10.7 Å². The molecule has 2 aromatic carbocycles. The van der Waals surface area contributed by atoms with E-state index in [2.05, 4.69) is 23.6 Å². The second-order valence-electron chi connectivity index (χ2n) is 5.05. The van der Waals surface area contributed by atoms with Crippen molar-refractivity contribution in [3.8, 4) is 22.6 Å². The number of nitrogens with two attached hydrogens (primary N) is 1. The van der Waals surface area contributed by atoms with E-state index in [9.17, 15) is 0 Å². The van der Waals surface area contributed by atoms with Crippen LogP contribution in [0.25, 0.3) is 22.6 Å². The van der Waals surface area contributed by atoms with Crippen molar-refractivity contribution in [1.82, 2.24) is 9.55 Å². The van der Waals surface area contributed by atoms with Crippen LogP contribution in [0.1, 0.15) is 13.3 Å². The van der Waals surface area contributed by atoms with Crippen LogP contribution in [-0.4, -0.2) is 9.55 Å². The molecule has 0 aliphatic carbocycles. The van der Waals surface area contributed by atoms with E-state index >= 15 is 0 Å². The molecule has 3 nitrogen and oxygen atoms in total. The Bertz CT molecular complexity index is 715. The first-order valence-electron chi connectivity index (χ1n) is 7.28. The normalized spacial score (nSPS) is 10.7. The van der Waals surface area contributed by atoms with Crippen LogP contribution in [0.4, 0.5) is 5.82 Å². The third-order valence-electron chi connectivity index (χ3n) is 3.53. The summed E-state index contributed by atoms with van der Waals surface area (Å²) in [6.07, 6.45) is 1.02. The van der Waals surface area contributed by atoms with Gasteiger partial charge in [-0.15, -0.1) is 0 Å². The Kier molecular flexibility index (Phi) is 3.73. The molecule has 2 N–H and O–H groups in total. The molecular weight excluding hydrogens is 258 g/mol. The standard InChI is InChI=1S/C18H19N3/c1-2-13-21-17(19)16(14-9-5-3-6-10-14)20-18(21)15-11-7-4-8-12-15/h3-12H,2,13,19H2,1H3. The number of imidazole rings is 1. The maximum atomic E-state index is 6.36. The van der Waals surface area contributed by atoms with E-state index in [-0.39, 0.29) is 0 Å².